The molecule has 0 aromatic heterocycles. The van der Waals surface area contributed by atoms with Crippen molar-refractivity contribution in [3.63, 3.8) is 0 Å². The van der Waals surface area contributed by atoms with Gasteiger partial charge in [-0.2, -0.15) is 0 Å². The van der Waals surface area contributed by atoms with E-state index in [0.717, 1.165) is 12.8 Å². The van der Waals surface area contributed by atoms with Gasteiger partial charge in [0.15, 0.2) is 0 Å². The van der Waals surface area contributed by atoms with Crippen molar-refractivity contribution >= 4 is 24.2 Å². The lowest BCUT2D eigenvalue weighted by Crippen LogP contribution is -2.30. The zero-order valence-electron chi connectivity index (χ0n) is 20.5. The average molecular weight is 469 g/mol. The number of halogens is 1. The molecule has 0 aliphatic carbocycles. The lowest BCUT2D eigenvalue weighted by atomic mass is 10.0. The highest BCUT2D eigenvalue weighted by molar-refractivity contribution is 6.12. The summed E-state index contributed by atoms with van der Waals surface area (Å²) in [6, 6.07) is 0. The molecule has 186 valence electrons. The zero-order valence-corrected chi connectivity index (χ0v) is 21.4. The van der Waals surface area contributed by atoms with Crippen LogP contribution in [-0.4, -0.2) is 47.8 Å². The van der Waals surface area contributed by atoms with Gasteiger partial charge in [0.25, 0.3) is 11.8 Å². The molecule has 2 rings (SSSR count). The van der Waals surface area contributed by atoms with Crippen LogP contribution in [0.5, 0.6) is 0 Å². The number of hydrogen-bond acceptors (Lipinski definition) is 3. The molecule has 4 nitrogen and oxygen atoms in total. The second-order valence-corrected chi connectivity index (χ2v) is 9.72. The molecule has 0 unspecified atom stereocenters. The van der Waals surface area contributed by atoms with E-state index in [2.05, 4.69) is 4.90 Å². The first-order valence-corrected chi connectivity index (χ1v) is 13.5. The fraction of sp³-hybridized carbons (Fsp3) is 0.852. The van der Waals surface area contributed by atoms with Crippen LogP contribution in [0.1, 0.15) is 122 Å². The van der Waals surface area contributed by atoms with Crippen LogP contribution < -0.4 is 0 Å². The summed E-state index contributed by atoms with van der Waals surface area (Å²) in [5.74, 6) is -0.290. The predicted octanol–water partition coefficient (Wildman–Crippen LogP) is 7.06. The molecule has 0 N–H and O–H groups in total. The highest BCUT2D eigenvalue weighted by Gasteiger charge is 2.22. The molecule has 5 heteroatoms. The molecule has 1 fully saturated rings. The van der Waals surface area contributed by atoms with Crippen molar-refractivity contribution in [3.05, 3.63) is 12.2 Å². The highest BCUT2D eigenvalue weighted by atomic mass is 35.5. The number of piperidine rings is 1. The van der Waals surface area contributed by atoms with Crippen molar-refractivity contribution in [2.24, 2.45) is 0 Å². The third kappa shape index (κ3) is 13.6. The lowest BCUT2D eigenvalue weighted by molar-refractivity contribution is -0.136. The molecule has 0 bridgehead atoms. The van der Waals surface area contributed by atoms with Crippen molar-refractivity contribution < 1.29 is 9.59 Å². The SMILES string of the molecule is Cl.O=C1C=CC(=O)N1CCCCCCCCCCCCCCCCCCN1CCCCC1. The Morgan fingerprint density at radius 2 is 0.844 bits per heavy atom. The van der Waals surface area contributed by atoms with Gasteiger partial charge in [-0.1, -0.05) is 96.3 Å². The maximum absolute atomic E-state index is 11.5. The van der Waals surface area contributed by atoms with E-state index in [1.807, 2.05) is 0 Å². The van der Waals surface area contributed by atoms with Gasteiger partial charge in [-0.05, 0) is 45.3 Å². The first-order chi connectivity index (χ1) is 15.3. The Kier molecular flexibility index (Phi) is 17.8. The number of amides is 2. The highest BCUT2D eigenvalue weighted by Crippen LogP contribution is 2.15. The van der Waals surface area contributed by atoms with Gasteiger partial charge in [0.05, 0.1) is 0 Å². The summed E-state index contributed by atoms with van der Waals surface area (Å²) in [7, 11) is 0. The standard InChI is InChI=1S/C27H48N2O2.ClH/c30-26-20-21-27(31)29(26)25-19-14-12-10-8-6-4-2-1-3-5-7-9-11-13-16-22-28-23-17-15-18-24-28;/h20-21H,1-19,22-25H2;1H. The normalized spacial score (nSPS) is 16.7. The Morgan fingerprint density at radius 3 is 1.25 bits per heavy atom. The molecule has 2 aliphatic rings. The number of carbonyl (C=O) groups excluding carboxylic acids is 2. The fourth-order valence-electron chi connectivity index (χ4n) is 4.91. The Labute approximate surface area is 204 Å². The van der Waals surface area contributed by atoms with Crippen LogP contribution in [0, 0.1) is 0 Å². The molecule has 0 spiro atoms. The second-order valence-electron chi connectivity index (χ2n) is 9.72. The summed E-state index contributed by atoms with van der Waals surface area (Å²) in [5, 5.41) is 0. The molecule has 2 amide bonds. The summed E-state index contributed by atoms with van der Waals surface area (Å²) in [6.45, 7) is 4.63. The molecule has 0 aromatic carbocycles. The second kappa shape index (κ2) is 19.6. The quantitative estimate of drug-likeness (QED) is 0.150. The lowest BCUT2D eigenvalue weighted by Gasteiger charge is -2.26. The number of rotatable bonds is 19. The first-order valence-electron chi connectivity index (χ1n) is 13.5. The number of carbonyl (C=O) groups is 2. The van der Waals surface area contributed by atoms with E-state index >= 15 is 0 Å². The number of imide groups is 1. The molecular weight excluding hydrogens is 420 g/mol. The minimum Gasteiger partial charge on any atom is -0.303 e. The molecule has 0 radical (unpaired) electrons. The zero-order chi connectivity index (χ0) is 22.0. The van der Waals surface area contributed by atoms with Gasteiger partial charge in [-0.15, -0.1) is 12.4 Å². The van der Waals surface area contributed by atoms with Gasteiger partial charge in [-0.25, -0.2) is 0 Å². The van der Waals surface area contributed by atoms with Gasteiger partial charge < -0.3 is 4.90 Å². The van der Waals surface area contributed by atoms with E-state index in [9.17, 15) is 9.59 Å². The summed E-state index contributed by atoms with van der Waals surface area (Å²) in [5.41, 5.74) is 0. The molecule has 1 saturated heterocycles. The molecule has 32 heavy (non-hydrogen) atoms. The van der Waals surface area contributed by atoms with Crippen LogP contribution >= 0.6 is 12.4 Å². The molecule has 2 aliphatic heterocycles. The third-order valence-electron chi connectivity index (χ3n) is 6.96. The van der Waals surface area contributed by atoms with Crippen molar-refractivity contribution in [1.29, 1.82) is 0 Å². The average Bonchev–Trinajstić information content (AvgIpc) is 3.11. The van der Waals surface area contributed by atoms with E-state index in [0.29, 0.717) is 6.54 Å². The maximum Gasteiger partial charge on any atom is 0.253 e. The number of hydrogen-bond donors (Lipinski definition) is 0. The van der Waals surface area contributed by atoms with E-state index in [4.69, 9.17) is 0 Å². The summed E-state index contributed by atoms with van der Waals surface area (Å²) >= 11 is 0. The summed E-state index contributed by atoms with van der Waals surface area (Å²) in [4.78, 5) is 26.9. The monoisotopic (exact) mass is 468 g/mol. The minimum atomic E-state index is -0.145. The number of unbranched alkanes of at least 4 members (excludes halogenated alkanes) is 15. The van der Waals surface area contributed by atoms with E-state index in [1.165, 1.54) is 146 Å². The van der Waals surface area contributed by atoms with Crippen molar-refractivity contribution in [3.8, 4) is 0 Å². The molecule has 0 aromatic rings. The van der Waals surface area contributed by atoms with Crippen molar-refractivity contribution in [2.75, 3.05) is 26.2 Å². The smallest absolute Gasteiger partial charge is 0.253 e. The molecule has 0 atom stereocenters. The van der Waals surface area contributed by atoms with Crippen LogP contribution in [0.25, 0.3) is 0 Å². The number of likely N-dealkylation sites (tertiary alicyclic amines) is 1. The molecule has 2 heterocycles. The third-order valence-corrected chi connectivity index (χ3v) is 6.96. The van der Waals surface area contributed by atoms with E-state index < -0.39 is 0 Å². The van der Waals surface area contributed by atoms with Gasteiger partial charge in [0.2, 0.25) is 0 Å². The summed E-state index contributed by atoms with van der Waals surface area (Å²) < 4.78 is 0. The van der Waals surface area contributed by atoms with E-state index in [-0.39, 0.29) is 24.2 Å². The van der Waals surface area contributed by atoms with Crippen LogP contribution in [0.2, 0.25) is 0 Å². The Morgan fingerprint density at radius 1 is 0.500 bits per heavy atom. The van der Waals surface area contributed by atoms with Crippen LogP contribution in [0.15, 0.2) is 12.2 Å². The topological polar surface area (TPSA) is 40.6 Å². The van der Waals surface area contributed by atoms with Crippen LogP contribution in [-0.2, 0) is 9.59 Å². The Bertz CT molecular complexity index is 500. The number of nitrogens with zero attached hydrogens (tertiary/aromatic N) is 2. The summed E-state index contributed by atoms with van der Waals surface area (Å²) in [6.07, 6.45) is 28.6. The Balaban J connectivity index is 0.00000512. The Hall–Kier alpha value is -0.870. The van der Waals surface area contributed by atoms with Crippen LogP contribution in [0.4, 0.5) is 0 Å². The van der Waals surface area contributed by atoms with E-state index in [1.54, 1.807) is 0 Å². The molecule has 0 saturated carbocycles. The predicted molar refractivity (Wildman–Crippen MR) is 137 cm³/mol. The van der Waals surface area contributed by atoms with Gasteiger partial charge >= 0.3 is 0 Å². The fourth-order valence-corrected chi connectivity index (χ4v) is 4.91. The van der Waals surface area contributed by atoms with Crippen molar-refractivity contribution in [2.45, 2.75) is 122 Å². The van der Waals surface area contributed by atoms with Gasteiger partial charge in [0.1, 0.15) is 0 Å². The minimum absolute atomic E-state index is 0. The largest absolute Gasteiger partial charge is 0.303 e. The molecular formula is C27H49ClN2O2. The maximum atomic E-state index is 11.5. The van der Waals surface area contributed by atoms with Crippen molar-refractivity contribution in [1.82, 2.24) is 9.80 Å². The van der Waals surface area contributed by atoms with Crippen LogP contribution in [0.3, 0.4) is 0 Å². The first kappa shape index (κ1) is 29.2. The van der Waals surface area contributed by atoms with Gasteiger partial charge in [-0.3, -0.25) is 14.5 Å². The van der Waals surface area contributed by atoms with Gasteiger partial charge in [0, 0.05) is 18.7 Å².